The molecule has 0 saturated heterocycles. The molecule has 0 bridgehead atoms. The first-order valence-corrected chi connectivity index (χ1v) is 18.0. The van der Waals surface area contributed by atoms with Gasteiger partial charge in [0.2, 0.25) is 0 Å². The van der Waals surface area contributed by atoms with E-state index in [2.05, 4.69) is 72.8 Å². The highest BCUT2D eigenvalue weighted by Crippen LogP contribution is 2.57. The fourth-order valence-corrected chi connectivity index (χ4v) is 8.88. The zero-order valence-corrected chi connectivity index (χ0v) is 28.2. The third-order valence-electron chi connectivity index (χ3n) is 11.3. The second kappa shape index (κ2) is 11.7. The van der Waals surface area contributed by atoms with Crippen LogP contribution in [0, 0.1) is 11.3 Å². The van der Waals surface area contributed by atoms with Crippen LogP contribution in [0.2, 0.25) is 0 Å². The van der Waals surface area contributed by atoms with Crippen molar-refractivity contribution in [2.75, 3.05) is 0 Å². The van der Waals surface area contributed by atoms with Gasteiger partial charge in [-0.25, -0.2) is 15.0 Å². The largest absolute Gasteiger partial charge is 0.456 e. The first kappa shape index (κ1) is 29.8. The first-order chi connectivity index (χ1) is 25.2. The average molecular weight is 659 g/mol. The number of fused-ring (bicyclic) bond motifs is 8. The summed E-state index contributed by atoms with van der Waals surface area (Å²) in [6, 6.07) is 42.6. The number of rotatable bonds is 4. The average Bonchev–Trinajstić information content (AvgIpc) is 3.71. The number of allylic oxidation sites excluding steroid dienone is 1. The van der Waals surface area contributed by atoms with Gasteiger partial charge in [0.05, 0.1) is 11.6 Å². The Morgan fingerprint density at radius 2 is 1.31 bits per heavy atom. The van der Waals surface area contributed by atoms with Gasteiger partial charge in [0.15, 0.2) is 17.5 Å². The summed E-state index contributed by atoms with van der Waals surface area (Å²) in [5, 5.41) is 11.3. The fourth-order valence-electron chi connectivity index (χ4n) is 8.88. The molecule has 0 N–H and O–H groups in total. The quantitative estimate of drug-likeness (QED) is 0.188. The van der Waals surface area contributed by atoms with Crippen LogP contribution >= 0.6 is 0 Å². The van der Waals surface area contributed by atoms with E-state index in [1.54, 1.807) is 0 Å². The molecule has 244 valence electrons. The Balaban J connectivity index is 1.04. The summed E-state index contributed by atoms with van der Waals surface area (Å²) in [4.78, 5) is 15.1. The van der Waals surface area contributed by atoms with E-state index in [1.165, 1.54) is 58.0 Å². The van der Waals surface area contributed by atoms with Gasteiger partial charge in [0.25, 0.3) is 0 Å². The zero-order chi connectivity index (χ0) is 33.9. The second-order valence-electron chi connectivity index (χ2n) is 14.1. The number of nitrogens with zero attached hydrogens (tertiary/aromatic N) is 4. The minimum absolute atomic E-state index is 0.0861. The van der Waals surface area contributed by atoms with Crippen LogP contribution in [-0.2, 0) is 11.8 Å². The van der Waals surface area contributed by atoms with Crippen molar-refractivity contribution in [3.8, 4) is 51.1 Å². The van der Waals surface area contributed by atoms with Gasteiger partial charge in [-0.3, -0.25) is 0 Å². The van der Waals surface area contributed by atoms with Crippen molar-refractivity contribution in [1.29, 1.82) is 5.26 Å². The third kappa shape index (κ3) is 4.78. The predicted molar refractivity (Wildman–Crippen MR) is 203 cm³/mol. The Morgan fingerprint density at radius 3 is 2.12 bits per heavy atom. The summed E-state index contributed by atoms with van der Waals surface area (Å²) >= 11 is 0. The number of aryl methyl sites for hydroxylation is 1. The highest BCUT2D eigenvalue weighted by molar-refractivity contribution is 5.91. The van der Waals surface area contributed by atoms with Gasteiger partial charge < -0.3 is 4.42 Å². The molecule has 1 fully saturated rings. The van der Waals surface area contributed by atoms with E-state index in [9.17, 15) is 5.26 Å². The molecule has 7 aromatic rings. The number of aromatic nitrogens is 3. The Bertz CT molecular complexity index is 2570. The molecule has 3 aliphatic rings. The molecule has 0 radical (unpaired) electrons. The van der Waals surface area contributed by atoms with Gasteiger partial charge in [-0.1, -0.05) is 116 Å². The number of hydrogen-bond acceptors (Lipinski definition) is 5. The molecule has 5 aromatic carbocycles. The minimum Gasteiger partial charge on any atom is -0.456 e. The summed E-state index contributed by atoms with van der Waals surface area (Å²) in [5.41, 5.74) is 13.3. The lowest BCUT2D eigenvalue weighted by Crippen LogP contribution is -2.29. The van der Waals surface area contributed by atoms with Crippen LogP contribution in [-0.4, -0.2) is 15.0 Å². The van der Waals surface area contributed by atoms with Crippen LogP contribution in [0.1, 0.15) is 72.4 Å². The van der Waals surface area contributed by atoms with E-state index >= 15 is 0 Å². The van der Waals surface area contributed by atoms with E-state index in [-0.39, 0.29) is 5.41 Å². The van der Waals surface area contributed by atoms with Crippen molar-refractivity contribution in [1.82, 2.24) is 15.0 Å². The number of nitriles is 1. The molecule has 0 unspecified atom stereocenters. The molecule has 0 atom stereocenters. The maximum absolute atomic E-state index is 10.1. The maximum Gasteiger partial charge on any atom is 0.164 e. The Labute approximate surface area is 297 Å². The van der Waals surface area contributed by atoms with Gasteiger partial charge >= 0.3 is 0 Å². The standard InChI is InChI=1S/C46H34N4O/c47-28-34-12-9-14-38-35-22-20-32(26-39(35)46(42(34)38)24-7-2-8-25-46)29-16-18-31(19-17-29)44-48-43(30-10-3-1-4-11-30)49-45(50-44)33-21-23-37-36-13-5-6-15-40(36)51-41(37)27-33/h1,3-6,9-20,22,26-27H,2,7-8,21,23-25H2. The molecule has 2 aromatic heterocycles. The molecule has 0 amide bonds. The number of benzene rings is 5. The summed E-state index contributed by atoms with van der Waals surface area (Å²) in [6.45, 7) is 0. The third-order valence-corrected chi connectivity index (χ3v) is 11.3. The van der Waals surface area contributed by atoms with Crippen LogP contribution in [0.3, 0.4) is 0 Å². The fraction of sp³-hybridized carbons (Fsp3) is 0.174. The summed E-state index contributed by atoms with van der Waals surface area (Å²) < 4.78 is 6.26. The number of para-hydroxylation sites is 1. The molecule has 5 heteroatoms. The van der Waals surface area contributed by atoms with Crippen LogP contribution in [0.15, 0.2) is 120 Å². The normalized spacial score (nSPS) is 15.5. The van der Waals surface area contributed by atoms with Crippen LogP contribution in [0.25, 0.3) is 67.6 Å². The van der Waals surface area contributed by atoms with Gasteiger partial charge in [-0.05, 0) is 83.3 Å². The predicted octanol–water partition coefficient (Wildman–Crippen LogP) is 11.2. The highest BCUT2D eigenvalue weighted by atomic mass is 16.3. The van der Waals surface area contributed by atoms with Gasteiger partial charge in [0, 0.05) is 33.1 Å². The van der Waals surface area contributed by atoms with E-state index < -0.39 is 0 Å². The monoisotopic (exact) mass is 658 g/mol. The lowest BCUT2D eigenvalue weighted by atomic mass is 9.66. The molecular weight excluding hydrogens is 625 g/mol. The summed E-state index contributed by atoms with van der Waals surface area (Å²) in [7, 11) is 0. The molecule has 10 rings (SSSR count). The zero-order valence-electron chi connectivity index (χ0n) is 28.2. The van der Waals surface area contributed by atoms with E-state index in [4.69, 9.17) is 19.4 Å². The van der Waals surface area contributed by atoms with Crippen LogP contribution < -0.4 is 0 Å². The Kier molecular flexibility index (Phi) is 6.86. The molecular formula is C46H34N4O. The molecule has 1 saturated carbocycles. The highest BCUT2D eigenvalue weighted by Gasteiger charge is 2.45. The van der Waals surface area contributed by atoms with Gasteiger partial charge in [-0.2, -0.15) is 5.26 Å². The number of furan rings is 1. The van der Waals surface area contributed by atoms with Crippen molar-refractivity contribution in [3.05, 3.63) is 149 Å². The summed E-state index contributed by atoms with van der Waals surface area (Å²) in [5.74, 6) is 2.88. The molecule has 2 heterocycles. The summed E-state index contributed by atoms with van der Waals surface area (Å²) in [6.07, 6.45) is 9.62. The SMILES string of the molecule is N#Cc1cccc2c1C1(CCCCC1)c1cc(-c3ccc(-c4nc(C5=Cc6oc7ccccc7c6CC5)nc(-c5ccccc5)n4)cc3)ccc1-2. The van der Waals surface area contributed by atoms with Crippen molar-refractivity contribution in [2.45, 2.75) is 50.4 Å². The van der Waals surface area contributed by atoms with Gasteiger partial charge in [0.1, 0.15) is 11.3 Å². The molecule has 3 aliphatic carbocycles. The minimum atomic E-state index is -0.0861. The van der Waals surface area contributed by atoms with Crippen LogP contribution in [0.4, 0.5) is 0 Å². The molecule has 1 spiro atoms. The van der Waals surface area contributed by atoms with Crippen molar-refractivity contribution < 1.29 is 4.42 Å². The van der Waals surface area contributed by atoms with E-state index in [0.717, 1.165) is 64.9 Å². The maximum atomic E-state index is 10.1. The van der Waals surface area contributed by atoms with Crippen molar-refractivity contribution in [3.63, 3.8) is 0 Å². The Morgan fingerprint density at radius 1 is 0.608 bits per heavy atom. The molecule has 51 heavy (non-hydrogen) atoms. The molecule has 0 aliphatic heterocycles. The Hall–Kier alpha value is -6.12. The van der Waals surface area contributed by atoms with Crippen LogP contribution in [0.5, 0.6) is 0 Å². The van der Waals surface area contributed by atoms with E-state index in [1.807, 2.05) is 54.6 Å². The second-order valence-corrected chi connectivity index (χ2v) is 14.1. The lowest BCUT2D eigenvalue weighted by Gasteiger charge is -2.36. The van der Waals surface area contributed by atoms with Crippen molar-refractivity contribution in [2.24, 2.45) is 0 Å². The van der Waals surface area contributed by atoms with Gasteiger partial charge in [-0.15, -0.1) is 0 Å². The topological polar surface area (TPSA) is 75.6 Å². The lowest BCUT2D eigenvalue weighted by molar-refractivity contribution is 0.352. The van der Waals surface area contributed by atoms with E-state index in [0.29, 0.717) is 17.5 Å². The smallest absolute Gasteiger partial charge is 0.164 e. The number of hydrogen-bond donors (Lipinski definition) is 0. The first-order valence-electron chi connectivity index (χ1n) is 18.0. The molecule has 5 nitrogen and oxygen atoms in total. The van der Waals surface area contributed by atoms with Crippen molar-refractivity contribution >= 4 is 22.6 Å².